The Kier molecular flexibility index (Phi) is 24.3. The molecule has 0 bridgehead atoms. The van der Waals surface area contributed by atoms with Gasteiger partial charge in [-0.2, -0.15) is 0 Å². The van der Waals surface area contributed by atoms with Crippen LogP contribution in [0.25, 0.3) is 0 Å². The van der Waals surface area contributed by atoms with Gasteiger partial charge in [0.25, 0.3) is 0 Å². The van der Waals surface area contributed by atoms with E-state index in [1.807, 2.05) is 0 Å². The van der Waals surface area contributed by atoms with Crippen LogP contribution in [0.2, 0.25) is 0 Å². The SMILES string of the molecule is COc1ccc(C[C@@H]2NC(=O)[C@@H](N)C(C)(C)SSC[C@@H](C(=O)N3CCC[C@H]3C(=O)N[C@@H](CCCCN)C(=O)NCC(N)=O)NC(=O)[C@H](CC(N)=O)NC(=O)[C@H](CCC(N)=O)NC(=O)[C@H](Cc3ccccc3)NC2=O)cc1. The molecule has 0 spiro atoms. The first kappa shape index (κ1) is 61.6. The van der Waals surface area contributed by atoms with Gasteiger partial charge in [0.15, 0.2) is 0 Å². The number of nitrogens with zero attached hydrogens (tertiary/aromatic N) is 1. The van der Waals surface area contributed by atoms with Crippen LogP contribution in [-0.2, 0) is 65.6 Å². The highest BCUT2D eigenvalue weighted by atomic mass is 33.1. The number of nitrogens with one attached hydrogen (secondary N) is 7. The van der Waals surface area contributed by atoms with E-state index >= 15 is 0 Å². The van der Waals surface area contributed by atoms with Crippen LogP contribution in [0.1, 0.15) is 76.3 Å². The summed E-state index contributed by atoms with van der Waals surface area (Å²) in [5.41, 5.74) is 29.8. The maximum atomic E-state index is 14.7. The molecule has 0 radical (unpaired) electrons. The molecule has 2 heterocycles. The molecule has 2 aliphatic rings. The van der Waals surface area contributed by atoms with Gasteiger partial charge >= 0.3 is 0 Å². The number of hydrogen-bond donors (Lipinski definition) is 12. The number of amides is 11. The molecule has 25 nitrogen and oxygen atoms in total. The topological polar surface area (TPSA) is 415 Å². The first-order valence-electron chi connectivity index (χ1n) is 24.7. The number of methoxy groups -OCH3 is 1. The maximum absolute atomic E-state index is 14.7. The molecule has 2 aromatic rings. The van der Waals surface area contributed by atoms with Crippen molar-refractivity contribution in [2.75, 3.05) is 32.5 Å². The molecule has 76 heavy (non-hydrogen) atoms. The Morgan fingerprint density at radius 2 is 1.33 bits per heavy atom. The second-order valence-electron chi connectivity index (χ2n) is 18.9. The number of benzene rings is 2. The third-order valence-corrected chi connectivity index (χ3v) is 15.8. The fraction of sp³-hybridized carbons (Fsp3) is 0.531. The van der Waals surface area contributed by atoms with Crippen molar-refractivity contribution in [1.29, 1.82) is 0 Å². The quantitative estimate of drug-likeness (QED) is 0.0458. The highest BCUT2D eigenvalue weighted by Crippen LogP contribution is 2.38. The van der Waals surface area contributed by atoms with E-state index < -0.39 is 144 Å². The average Bonchev–Trinajstić information content (AvgIpc) is 3.88. The predicted octanol–water partition coefficient (Wildman–Crippen LogP) is -3.25. The van der Waals surface area contributed by atoms with E-state index in [1.54, 1.807) is 68.4 Å². The number of ether oxygens (including phenoxy) is 1. The number of rotatable bonds is 20. The van der Waals surface area contributed by atoms with Gasteiger partial charge in [0.1, 0.15) is 48.0 Å². The summed E-state index contributed by atoms with van der Waals surface area (Å²) in [6.07, 6.45) is -0.320. The average molecular weight is 1100 g/mol. The third-order valence-electron chi connectivity index (χ3n) is 12.5. The summed E-state index contributed by atoms with van der Waals surface area (Å²) in [5.74, 6) is -9.25. The number of carbonyl (C=O) groups excluding carboxylic acids is 11. The van der Waals surface area contributed by atoms with Crippen molar-refractivity contribution >= 4 is 86.6 Å². The zero-order valence-corrected chi connectivity index (χ0v) is 44.4. The molecule has 416 valence electrons. The molecular weight excluding hydrogens is 1030 g/mol. The largest absolute Gasteiger partial charge is 0.497 e. The number of carbonyl (C=O) groups is 11. The normalized spacial score (nSPS) is 23.2. The Hall–Kier alpha value is -6.97. The molecule has 2 aliphatic heterocycles. The number of likely N-dealkylation sites (tertiary alicyclic amines) is 1. The van der Waals surface area contributed by atoms with Gasteiger partial charge < -0.3 is 75.5 Å². The van der Waals surface area contributed by atoms with Crippen LogP contribution in [0.15, 0.2) is 54.6 Å². The van der Waals surface area contributed by atoms with Crippen LogP contribution in [-0.4, -0.2) is 155 Å². The zero-order valence-electron chi connectivity index (χ0n) is 42.8. The molecule has 0 saturated carbocycles. The van der Waals surface area contributed by atoms with Crippen molar-refractivity contribution in [2.24, 2.45) is 28.7 Å². The van der Waals surface area contributed by atoms with Gasteiger partial charge in [-0.05, 0) is 82.2 Å². The van der Waals surface area contributed by atoms with Crippen molar-refractivity contribution in [3.05, 3.63) is 65.7 Å². The van der Waals surface area contributed by atoms with Gasteiger partial charge in [0.2, 0.25) is 65.0 Å². The number of unbranched alkanes of at least 4 members (excludes halogenated alkanes) is 1. The standard InChI is InChI=1S/C49H71N13O12S2/c1-49(2)40(54)47(72)60-33(23-28-14-16-29(74-3)17-15-28)44(69)58-32(22-27-10-5-4-6-11-27)43(68)56-31(18-19-37(51)63)42(67)59-34(24-38(52)64)45(70)61-35(26-75-76-49)48(73)62-21-9-13-36(62)46(71)57-30(12-7-8-20-50)41(66)55-25-39(53)65/h4-6,10-11,14-17,30-36,40H,7-9,12-13,18-26,50,54H2,1-3H3,(H2,51,63)(H2,52,64)(H2,53,65)(H,55,66)(H,56,68)(H,57,71)(H,58,69)(H,59,67)(H,60,72)(H,61,70)/t30-,31-,32-,33-,34-,35-,36-,40+/m0/s1. The van der Waals surface area contributed by atoms with E-state index in [2.05, 4.69) is 37.2 Å². The molecule has 27 heteroatoms. The highest BCUT2D eigenvalue weighted by Gasteiger charge is 2.42. The van der Waals surface area contributed by atoms with Crippen LogP contribution in [0, 0.1) is 0 Å². The van der Waals surface area contributed by atoms with Gasteiger partial charge in [-0.15, -0.1) is 0 Å². The van der Waals surface area contributed by atoms with E-state index in [9.17, 15) is 52.7 Å². The minimum absolute atomic E-state index is 0.0303. The lowest BCUT2D eigenvalue weighted by Crippen LogP contribution is -2.62. The molecule has 11 amide bonds. The van der Waals surface area contributed by atoms with Crippen LogP contribution in [0.5, 0.6) is 5.75 Å². The fourth-order valence-corrected chi connectivity index (χ4v) is 11.0. The Labute approximate surface area is 448 Å². The van der Waals surface area contributed by atoms with Crippen LogP contribution in [0.3, 0.4) is 0 Å². The smallest absolute Gasteiger partial charge is 0.246 e. The minimum atomic E-state index is -1.78. The predicted molar refractivity (Wildman–Crippen MR) is 283 cm³/mol. The molecule has 2 fully saturated rings. The molecule has 0 aliphatic carbocycles. The van der Waals surface area contributed by atoms with Crippen molar-refractivity contribution in [2.45, 2.75) is 131 Å². The van der Waals surface area contributed by atoms with Crippen molar-refractivity contribution in [3.8, 4) is 5.75 Å². The Morgan fingerprint density at radius 3 is 1.92 bits per heavy atom. The highest BCUT2D eigenvalue weighted by molar-refractivity contribution is 8.77. The maximum Gasteiger partial charge on any atom is 0.246 e. The van der Waals surface area contributed by atoms with E-state index in [4.69, 9.17) is 33.4 Å². The second kappa shape index (κ2) is 29.9. The van der Waals surface area contributed by atoms with Gasteiger partial charge in [-0.1, -0.05) is 64.1 Å². The monoisotopic (exact) mass is 1100 g/mol. The summed E-state index contributed by atoms with van der Waals surface area (Å²) in [6, 6.07) is 3.97. The van der Waals surface area contributed by atoms with E-state index in [-0.39, 0.29) is 38.0 Å². The van der Waals surface area contributed by atoms with Gasteiger partial charge in [-0.25, -0.2) is 0 Å². The molecule has 17 N–H and O–H groups in total. The molecule has 8 atom stereocenters. The van der Waals surface area contributed by atoms with Gasteiger partial charge in [0, 0.05) is 36.3 Å². The first-order chi connectivity index (χ1) is 36.0. The second-order valence-corrected chi connectivity index (χ2v) is 21.9. The summed E-state index contributed by atoms with van der Waals surface area (Å²) in [7, 11) is 3.57. The van der Waals surface area contributed by atoms with Crippen molar-refractivity contribution in [3.63, 3.8) is 0 Å². The van der Waals surface area contributed by atoms with Crippen molar-refractivity contribution < 1.29 is 57.5 Å². The lowest BCUT2D eigenvalue weighted by Gasteiger charge is -2.33. The summed E-state index contributed by atoms with van der Waals surface area (Å²) in [5, 5.41) is 18.1. The van der Waals surface area contributed by atoms with Crippen LogP contribution in [0.4, 0.5) is 0 Å². The first-order valence-corrected chi connectivity index (χ1v) is 27.0. The van der Waals surface area contributed by atoms with E-state index in [1.165, 1.54) is 12.0 Å². The number of nitrogens with two attached hydrogens (primary N) is 5. The lowest BCUT2D eigenvalue weighted by molar-refractivity contribution is -0.142. The van der Waals surface area contributed by atoms with Crippen molar-refractivity contribution in [1.82, 2.24) is 42.1 Å². The van der Waals surface area contributed by atoms with Crippen LogP contribution >= 0.6 is 21.6 Å². The summed E-state index contributed by atoms with van der Waals surface area (Å²) >= 11 is 0. The molecule has 4 rings (SSSR count). The zero-order chi connectivity index (χ0) is 56.1. The number of primary amides is 3. The van der Waals surface area contributed by atoms with Gasteiger partial charge in [0.05, 0.1) is 26.1 Å². The van der Waals surface area contributed by atoms with Gasteiger partial charge in [-0.3, -0.25) is 52.7 Å². The summed E-state index contributed by atoms with van der Waals surface area (Å²) in [6.45, 7) is 3.14. The fourth-order valence-electron chi connectivity index (χ4n) is 8.21. The number of hydrogen-bond acceptors (Lipinski definition) is 16. The molecular formula is C49H71N13O12S2. The third kappa shape index (κ3) is 19.3. The van der Waals surface area contributed by atoms with E-state index in [0.29, 0.717) is 42.7 Å². The summed E-state index contributed by atoms with van der Waals surface area (Å²) < 4.78 is 4.12. The molecule has 0 aromatic heterocycles. The Balaban J connectivity index is 1.77. The molecule has 0 unspecified atom stereocenters. The summed E-state index contributed by atoms with van der Waals surface area (Å²) in [4.78, 5) is 151. The molecule has 2 saturated heterocycles. The Bertz CT molecular complexity index is 2400. The van der Waals surface area contributed by atoms with E-state index in [0.717, 1.165) is 21.6 Å². The lowest BCUT2D eigenvalue weighted by atomic mass is 9.99. The Morgan fingerprint density at radius 1 is 0.750 bits per heavy atom. The minimum Gasteiger partial charge on any atom is -0.497 e. The van der Waals surface area contributed by atoms with Crippen LogP contribution < -0.4 is 70.6 Å². The molecule has 2 aromatic carbocycles.